The van der Waals surface area contributed by atoms with Crippen molar-refractivity contribution in [1.82, 2.24) is 0 Å². The standard InChI is InChI=1S/C36H45N2.4C2H6/c1-26(2)23-24-38-32-18-11-9-16-30(32)36(5,6)34(38)22-20-28-14-12-13-27(25-28)19-21-33-35(3,4)29-15-8-10-17-31(29)37(33)7;4*1-2/h8-11,15-22,25-26H,12-14,23-24H2,1-7H3;4*1-2H3/q+1;;;;. The zero-order valence-electron chi connectivity index (χ0n) is 32.5. The largest absolute Gasteiger partial charge is 0.344 e. The van der Waals surface area contributed by atoms with Crippen molar-refractivity contribution < 1.29 is 4.58 Å². The number of anilines is 1. The highest BCUT2D eigenvalue weighted by Crippen LogP contribution is 2.48. The van der Waals surface area contributed by atoms with Gasteiger partial charge in [0, 0.05) is 41.1 Å². The maximum Gasteiger partial charge on any atom is 0.209 e. The minimum atomic E-state index is 0.00995. The zero-order chi connectivity index (χ0) is 35.1. The van der Waals surface area contributed by atoms with Crippen molar-refractivity contribution in [2.75, 3.05) is 18.5 Å². The molecule has 2 aliphatic heterocycles. The maximum atomic E-state index is 2.58. The number of para-hydroxylation sites is 2. The van der Waals surface area contributed by atoms with Gasteiger partial charge in [0.25, 0.3) is 0 Å². The van der Waals surface area contributed by atoms with Gasteiger partial charge in [-0.2, -0.15) is 4.58 Å². The van der Waals surface area contributed by atoms with Crippen LogP contribution in [-0.4, -0.2) is 23.9 Å². The summed E-state index contributed by atoms with van der Waals surface area (Å²) >= 11 is 0. The number of fused-ring (bicyclic) bond motifs is 2. The summed E-state index contributed by atoms with van der Waals surface area (Å²) in [5.41, 5.74) is 11.2. The Morgan fingerprint density at radius 3 is 1.93 bits per heavy atom. The average Bonchev–Trinajstić information content (AvgIpc) is 3.43. The fraction of sp³-hybridized carbons (Fsp3) is 0.523. The van der Waals surface area contributed by atoms with E-state index in [0.29, 0.717) is 5.92 Å². The lowest BCUT2D eigenvalue weighted by Crippen LogP contribution is -2.27. The summed E-state index contributed by atoms with van der Waals surface area (Å²) in [5.74, 6) is 0.690. The van der Waals surface area contributed by atoms with E-state index in [4.69, 9.17) is 0 Å². The van der Waals surface area contributed by atoms with Crippen LogP contribution >= 0.6 is 0 Å². The molecule has 0 atom stereocenters. The molecule has 2 aromatic rings. The molecule has 0 fully saturated rings. The van der Waals surface area contributed by atoms with Crippen molar-refractivity contribution in [2.24, 2.45) is 5.92 Å². The Kier molecular flexibility index (Phi) is 17.3. The minimum Gasteiger partial charge on any atom is -0.344 e. The Labute approximate surface area is 285 Å². The second kappa shape index (κ2) is 19.5. The molecule has 2 nitrogen and oxygen atoms in total. The van der Waals surface area contributed by atoms with Crippen LogP contribution in [0.1, 0.15) is 134 Å². The van der Waals surface area contributed by atoms with Gasteiger partial charge in [0.1, 0.15) is 7.05 Å². The van der Waals surface area contributed by atoms with Crippen molar-refractivity contribution in [2.45, 2.75) is 133 Å². The van der Waals surface area contributed by atoms with Gasteiger partial charge in [-0.15, -0.1) is 0 Å². The van der Waals surface area contributed by atoms with E-state index in [0.717, 1.165) is 19.4 Å². The van der Waals surface area contributed by atoms with Gasteiger partial charge < -0.3 is 4.90 Å². The first kappa shape index (κ1) is 40.9. The van der Waals surface area contributed by atoms with Gasteiger partial charge in [-0.25, -0.2) is 0 Å². The first-order valence-electron chi connectivity index (χ1n) is 18.5. The fourth-order valence-electron chi connectivity index (χ4n) is 6.58. The van der Waals surface area contributed by atoms with Crippen LogP contribution in [0.15, 0.2) is 95.8 Å². The number of benzene rings is 2. The monoisotopic (exact) mass is 626 g/mol. The van der Waals surface area contributed by atoms with Crippen LogP contribution in [0.4, 0.5) is 11.4 Å². The normalized spacial score (nSPS) is 18.8. The molecule has 2 heteroatoms. The van der Waals surface area contributed by atoms with E-state index in [9.17, 15) is 0 Å². The van der Waals surface area contributed by atoms with Crippen molar-refractivity contribution >= 4 is 17.1 Å². The van der Waals surface area contributed by atoms with E-state index in [-0.39, 0.29) is 10.8 Å². The molecule has 0 amide bonds. The SMILES string of the molecule is CC.CC.CC.CC.CC(C)CCN1/C(=C/C=C2C=C(/C=C/C3=[N+](C)c4ccccc4C3(C)C)CCC/2)C(C)(C)c2ccccc21. The second-order valence-electron chi connectivity index (χ2n) is 12.8. The molecule has 0 N–H and O–H groups in total. The summed E-state index contributed by atoms with van der Waals surface area (Å²) in [5, 5.41) is 0. The Hall–Kier alpha value is -3.13. The first-order chi connectivity index (χ1) is 22.1. The summed E-state index contributed by atoms with van der Waals surface area (Å²) in [4.78, 5) is 2.58. The number of hydrogen-bond donors (Lipinski definition) is 0. The Morgan fingerprint density at radius 1 is 0.739 bits per heavy atom. The summed E-state index contributed by atoms with van der Waals surface area (Å²) in [7, 11) is 2.20. The van der Waals surface area contributed by atoms with Crippen molar-refractivity contribution in [1.29, 1.82) is 0 Å². The summed E-state index contributed by atoms with van der Waals surface area (Å²) in [6.07, 6.45) is 16.7. The van der Waals surface area contributed by atoms with E-state index >= 15 is 0 Å². The fourth-order valence-corrected chi connectivity index (χ4v) is 6.58. The highest BCUT2D eigenvalue weighted by atomic mass is 15.2. The molecule has 0 aromatic heterocycles. The molecular formula is C44H69N2+. The molecule has 254 valence electrons. The first-order valence-corrected chi connectivity index (χ1v) is 18.5. The molecule has 0 radical (unpaired) electrons. The lowest BCUT2D eigenvalue weighted by atomic mass is 9.81. The van der Waals surface area contributed by atoms with Crippen LogP contribution in [0.2, 0.25) is 0 Å². The van der Waals surface area contributed by atoms with Gasteiger partial charge in [0.15, 0.2) is 5.71 Å². The molecule has 0 bridgehead atoms. The molecule has 5 rings (SSSR count). The van der Waals surface area contributed by atoms with E-state index in [1.807, 2.05) is 55.4 Å². The molecule has 2 heterocycles. The quantitative estimate of drug-likeness (QED) is 0.289. The molecule has 3 aliphatic rings. The van der Waals surface area contributed by atoms with E-state index in [1.165, 1.54) is 57.9 Å². The molecular weight excluding hydrogens is 556 g/mol. The van der Waals surface area contributed by atoms with Gasteiger partial charge in [0.2, 0.25) is 5.69 Å². The molecule has 0 spiro atoms. The van der Waals surface area contributed by atoms with Crippen molar-refractivity contribution in [3.05, 3.63) is 107 Å². The van der Waals surface area contributed by atoms with Gasteiger partial charge in [0.05, 0.1) is 5.41 Å². The molecule has 46 heavy (non-hydrogen) atoms. The third kappa shape index (κ3) is 9.24. The summed E-state index contributed by atoms with van der Waals surface area (Å²) < 4.78 is 2.36. The zero-order valence-corrected chi connectivity index (χ0v) is 32.5. The maximum absolute atomic E-state index is 2.58. The number of allylic oxidation sites excluding steroid dienone is 8. The average molecular weight is 626 g/mol. The van der Waals surface area contributed by atoms with E-state index in [2.05, 4.69) is 137 Å². The number of nitrogens with zero attached hydrogens (tertiary/aromatic N) is 2. The molecule has 1 aliphatic carbocycles. The summed E-state index contributed by atoms with van der Waals surface area (Å²) in [6, 6.07) is 17.8. The van der Waals surface area contributed by atoms with Crippen LogP contribution in [0.3, 0.4) is 0 Å². The second-order valence-corrected chi connectivity index (χ2v) is 12.8. The van der Waals surface area contributed by atoms with Crippen LogP contribution < -0.4 is 4.90 Å². The third-order valence-corrected chi connectivity index (χ3v) is 8.88. The Balaban J connectivity index is 0.00000123. The van der Waals surface area contributed by atoms with E-state index in [1.54, 1.807) is 0 Å². The number of rotatable bonds is 6. The topological polar surface area (TPSA) is 6.25 Å². The Bertz CT molecular complexity index is 1370. The lowest BCUT2D eigenvalue weighted by molar-refractivity contribution is -0.401. The van der Waals surface area contributed by atoms with Crippen LogP contribution in [-0.2, 0) is 10.8 Å². The van der Waals surface area contributed by atoms with Gasteiger partial charge in [-0.1, -0.05) is 138 Å². The lowest BCUT2D eigenvalue weighted by Gasteiger charge is -2.27. The number of hydrogen-bond acceptors (Lipinski definition) is 1. The highest BCUT2D eigenvalue weighted by molar-refractivity contribution is 6.03. The summed E-state index contributed by atoms with van der Waals surface area (Å²) in [6.45, 7) is 31.2. The predicted molar refractivity (Wildman–Crippen MR) is 209 cm³/mol. The highest BCUT2D eigenvalue weighted by Gasteiger charge is 2.42. The third-order valence-electron chi connectivity index (χ3n) is 8.88. The van der Waals surface area contributed by atoms with Gasteiger partial charge in [-0.3, -0.25) is 0 Å². The molecule has 0 unspecified atom stereocenters. The van der Waals surface area contributed by atoms with Crippen molar-refractivity contribution in [3.8, 4) is 0 Å². The van der Waals surface area contributed by atoms with Gasteiger partial charge >= 0.3 is 0 Å². The van der Waals surface area contributed by atoms with Crippen LogP contribution in [0.25, 0.3) is 0 Å². The van der Waals surface area contributed by atoms with Gasteiger partial charge in [-0.05, 0) is 74.3 Å². The molecule has 2 aromatic carbocycles. The molecule has 0 saturated carbocycles. The van der Waals surface area contributed by atoms with Crippen molar-refractivity contribution in [3.63, 3.8) is 0 Å². The molecule has 0 saturated heterocycles. The minimum absolute atomic E-state index is 0.00995. The van der Waals surface area contributed by atoms with Crippen LogP contribution in [0, 0.1) is 5.92 Å². The smallest absolute Gasteiger partial charge is 0.209 e. The van der Waals surface area contributed by atoms with E-state index < -0.39 is 0 Å². The Morgan fingerprint density at radius 2 is 1.33 bits per heavy atom. The van der Waals surface area contributed by atoms with Crippen LogP contribution in [0.5, 0.6) is 0 Å². The predicted octanol–water partition coefficient (Wildman–Crippen LogP) is 13.1.